The van der Waals surface area contributed by atoms with E-state index < -0.39 is 0 Å². The summed E-state index contributed by atoms with van der Waals surface area (Å²) in [5.41, 5.74) is 2.77. The first-order chi connectivity index (χ1) is 10.00. The van der Waals surface area contributed by atoms with Gasteiger partial charge in [-0.05, 0) is 45.5 Å². The van der Waals surface area contributed by atoms with Crippen LogP contribution < -0.4 is 5.32 Å². The minimum Gasteiger partial charge on any atom is -0.313 e. The number of hydrogen-bond acceptors (Lipinski definition) is 3. The van der Waals surface area contributed by atoms with E-state index >= 15 is 0 Å². The maximum Gasteiger partial charge on any atom is 0.0329 e. The van der Waals surface area contributed by atoms with Crippen LogP contribution in [0.4, 0.5) is 0 Å². The fraction of sp³-hybridized carbons (Fsp3) is 0.667. The quantitative estimate of drug-likeness (QED) is 0.889. The van der Waals surface area contributed by atoms with Crippen molar-refractivity contribution in [2.75, 3.05) is 32.4 Å². The molecule has 2 rings (SSSR count). The van der Waals surface area contributed by atoms with Crippen LogP contribution >= 0.6 is 11.8 Å². The summed E-state index contributed by atoms with van der Waals surface area (Å²) >= 11 is 2.13. The SMILES string of the molecule is CNC(CCN1CCSC(C)(C)CC1)c1cccc(C)c1. The van der Waals surface area contributed by atoms with Gasteiger partial charge >= 0.3 is 0 Å². The molecule has 1 aliphatic rings. The van der Waals surface area contributed by atoms with Gasteiger partial charge in [0.15, 0.2) is 0 Å². The second-order valence-corrected chi connectivity index (χ2v) is 8.55. The Balaban J connectivity index is 1.88. The minimum atomic E-state index is 0.452. The monoisotopic (exact) mass is 306 g/mol. The van der Waals surface area contributed by atoms with Gasteiger partial charge in [0.2, 0.25) is 0 Å². The second kappa shape index (κ2) is 7.66. The fourth-order valence-corrected chi connectivity index (χ4v) is 4.10. The molecule has 1 aromatic rings. The van der Waals surface area contributed by atoms with Crippen LogP contribution in [0.1, 0.15) is 43.9 Å². The maximum atomic E-state index is 3.49. The lowest BCUT2D eigenvalue weighted by Gasteiger charge is -2.25. The van der Waals surface area contributed by atoms with Gasteiger partial charge in [0.1, 0.15) is 0 Å². The molecule has 1 heterocycles. The predicted octanol–water partition coefficient (Wildman–Crippen LogP) is 3.86. The van der Waals surface area contributed by atoms with Crippen molar-refractivity contribution in [1.82, 2.24) is 10.2 Å². The van der Waals surface area contributed by atoms with E-state index in [1.54, 1.807) is 0 Å². The molecule has 1 N–H and O–H groups in total. The first-order valence-electron chi connectivity index (χ1n) is 8.10. The molecule has 0 aromatic heterocycles. The van der Waals surface area contributed by atoms with Crippen molar-refractivity contribution in [3.05, 3.63) is 35.4 Å². The van der Waals surface area contributed by atoms with Crippen molar-refractivity contribution < 1.29 is 0 Å². The number of hydrogen-bond donors (Lipinski definition) is 1. The van der Waals surface area contributed by atoms with Gasteiger partial charge in [-0.1, -0.05) is 43.7 Å². The van der Waals surface area contributed by atoms with Crippen molar-refractivity contribution >= 4 is 11.8 Å². The van der Waals surface area contributed by atoms with Gasteiger partial charge in [-0.2, -0.15) is 11.8 Å². The standard InChI is InChI=1S/C18H30N2S/c1-15-6-5-7-16(14-15)17(19-4)8-10-20-11-9-18(2,3)21-13-12-20/h5-7,14,17,19H,8-13H2,1-4H3. The van der Waals surface area contributed by atoms with Crippen LogP contribution in [0.3, 0.4) is 0 Å². The molecule has 118 valence electrons. The highest BCUT2D eigenvalue weighted by molar-refractivity contribution is 8.00. The summed E-state index contributed by atoms with van der Waals surface area (Å²) in [5.74, 6) is 1.27. The van der Waals surface area contributed by atoms with E-state index in [2.05, 4.69) is 74.1 Å². The highest BCUT2D eigenvalue weighted by atomic mass is 32.2. The summed E-state index contributed by atoms with van der Waals surface area (Å²) in [6.45, 7) is 10.6. The van der Waals surface area contributed by atoms with Crippen LogP contribution in [-0.4, -0.2) is 42.1 Å². The van der Waals surface area contributed by atoms with E-state index in [0.717, 1.165) is 0 Å². The Morgan fingerprint density at radius 1 is 1.33 bits per heavy atom. The Bertz CT molecular complexity index is 445. The molecule has 0 bridgehead atoms. The van der Waals surface area contributed by atoms with Crippen LogP contribution in [-0.2, 0) is 0 Å². The van der Waals surface area contributed by atoms with Crippen LogP contribution in [0.5, 0.6) is 0 Å². The molecular formula is C18H30N2S. The van der Waals surface area contributed by atoms with Gasteiger partial charge < -0.3 is 10.2 Å². The van der Waals surface area contributed by atoms with Gasteiger partial charge in [0.25, 0.3) is 0 Å². The highest BCUT2D eigenvalue weighted by Gasteiger charge is 2.23. The van der Waals surface area contributed by atoms with Crippen LogP contribution in [0.15, 0.2) is 24.3 Å². The van der Waals surface area contributed by atoms with Crippen molar-refractivity contribution in [3.63, 3.8) is 0 Å². The molecule has 1 saturated heterocycles. The minimum absolute atomic E-state index is 0.452. The Kier molecular flexibility index (Phi) is 6.15. The zero-order valence-corrected chi connectivity index (χ0v) is 14.8. The number of aryl methyl sites for hydroxylation is 1. The summed E-state index contributed by atoms with van der Waals surface area (Å²) in [5, 5.41) is 3.49. The van der Waals surface area contributed by atoms with Gasteiger partial charge in [-0.3, -0.25) is 0 Å². The summed E-state index contributed by atoms with van der Waals surface area (Å²) in [6.07, 6.45) is 2.48. The van der Waals surface area contributed by atoms with Crippen molar-refractivity contribution in [3.8, 4) is 0 Å². The molecule has 1 aromatic carbocycles. The van der Waals surface area contributed by atoms with Crippen molar-refractivity contribution in [1.29, 1.82) is 0 Å². The predicted molar refractivity (Wildman–Crippen MR) is 95.2 cm³/mol. The molecular weight excluding hydrogens is 276 g/mol. The molecule has 1 unspecified atom stereocenters. The van der Waals surface area contributed by atoms with E-state index in [1.165, 1.54) is 49.4 Å². The molecule has 21 heavy (non-hydrogen) atoms. The number of nitrogens with one attached hydrogen (secondary N) is 1. The van der Waals surface area contributed by atoms with Crippen LogP contribution in [0.2, 0.25) is 0 Å². The second-order valence-electron chi connectivity index (χ2n) is 6.74. The average Bonchev–Trinajstić information content (AvgIpc) is 2.61. The molecule has 3 heteroatoms. The van der Waals surface area contributed by atoms with Crippen LogP contribution in [0, 0.1) is 6.92 Å². The number of rotatable bonds is 5. The molecule has 1 atom stereocenters. The van der Waals surface area contributed by atoms with E-state index in [4.69, 9.17) is 0 Å². The van der Waals surface area contributed by atoms with Gasteiger partial charge in [0, 0.05) is 23.1 Å². The number of thioether (sulfide) groups is 1. The zero-order valence-electron chi connectivity index (χ0n) is 14.0. The molecule has 0 spiro atoms. The molecule has 0 aliphatic carbocycles. The zero-order chi connectivity index (χ0) is 15.3. The maximum absolute atomic E-state index is 3.49. The van der Waals surface area contributed by atoms with Crippen LogP contribution in [0.25, 0.3) is 0 Å². The molecule has 2 nitrogen and oxygen atoms in total. The summed E-state index contributed by atoms with van der Waals surface area (Å²) in [7, 11) is 2.08. The first-order valence-corrected chi connectivity index (χ1v) is 9.09. The van der Waals surface area contributed by atoms with E-state index in [1.807, 2.05) is 0 Å². The molecule has 0 radical (unpaired) electrons. The third kappa shape index (κ3) is 5.32. The lowest BCUT2D eigenvalue weighted by molar-refractivity contribution is 0.268. The number of benzene rings is 1. The molecule has 1 fully saturated rings. The van der Waals surface area contributed by atoms with Gasteiger partial charge in [-0.15, -0.1) is 0 Å². The molecule has 1 aliphatic heterocycles. The van der Waals surface area contributed by atoms with Crippen molar-refractivity contribution in [2.24, 2.45) is 0 Å². The highest BCUT2D eigenvalue weighted by Crippen LogP contribution is 2.31. The largest absolute Gasteiger partial charge is 0.313 e. The normalized spacial score (nSPS) is 21.0. The van der Waals surface area contributed by atoms with Gasteiger partial charge in [-0.25, -0.2) is 0 Å². The first kappa shape index (κ1) is 16.9. The average molecular weight is 307 g/mol. The Hall–Kier alpha value is -0.510. The third-order valence-corrected chi connectivity index (χ3v) is 5.83. The lowest BCUT2D eigenvalue weighted by Crippen LogP contribution is -2.31. The van der Waals surface area contributed by atoms with E-state index in [-0.39, 0.29) is 0 Å². The fourth-order valence-electron chi connectivity index (χ4n) is 2.96. The number of nitrogens with zero attached hydrogens (tertiary/aromatic N) is 1. The Morgan fingerprint density at radius 3 is 2.86 bits per heavy atom. The topological polar surface area (TPSA) is 15.3 Å². The molecule has 0 saturated carbocycles. The summed E-state index contributed by atoms with van der Waals surface area (Å²) in [6, 6.07) is 9.36. The molecule has 0 amide bonds. The third-order valence-electron chi connectivity index (χ3n) is 4.46. The Morgan fingerprint density at radius 2 is 2.14 bits per heavy atom. The Labute approximate surface area is 134 Å². The van der Waals surface area contributed by atoms with E-state index in [0.29, 0.717) is 10.8 Å². The van der Waals surface area contributed by atoms with E-state index in [9.17, 15) is 0 Å². The lowest BCUT2D eigenvalue weighted by atomic mass is 10.0. The summed E-state index contributed by atoms with van der Waals surface area (Å²) in [4.78, 5) is 2.64. The smallest absolute Gasteiger partial charge is 0.0329 e. The van der Waals surface area contributed by atoms with Gasteiger partial charge in [0.05, 0.1) is 0 Å². The van der Waals surface area contributed by atoms with Crippen molar-refractivity contribution in [2.45, 2.75) is 44.4 Å². The summed E-state index contributed by atoms with van der Waals surface area (Å²) < 4.78 is 0.452.